The van der Waals surface area contributed by atoms with Gasteiger partial charge in [-0.05, 0) is 25.0 Å². The van der Waals surface area contributed by atoms with Crippen molar-refractivity contribution in [1.82, 2.24) is 20.6 Å². The molecule has 1 heterocycles. The van der Waals surface area contributed by atoms with Gasteiger partial charge in [0.15, 0.2) is 5.96 Å². The van der Waals surface area contributed by atoms with Crippen LogP contribution in [0.15, 0.2) is 47.6 Å². The molecule has 0 saturated carbocycles. The molecule has 1 aromatic heterocycles. The molecule has 0 saturated heterocycles. The maximum Gasteiger partial charge on any atom is 0.433 e. The van der Waals surface area contributed by atoms with Gasteiger partial charge < -0.3 is 20.7 Å². The van der Waals surface area contributed by atoms with E-state index in [4.69, 9.17) is 4.74 Å². The zero-order valence-corrected chi connectivity index (χ0v) is 17.0. The highest BCUT2D eigenvalue weighted by molar-refractivity contribution is 5.79. The molecule has 0 amide bonds. The molecule has 1 atom stereocenters. The Balaban J connectivity index is 1.60. The fourth-order valence-electron chi connectivity index (χ4n) is 2.54. The number of rotatable bonds is 10. The van der Waals surface area contributed by atoms with Crippen molar-refractivity contribution in [1.29, 1.82) is 0 Å². The highest BCUT2D eigenvalue weighted by atomic mass is 19.4. The number of aromatic nitrogens is 2. The molecule has 2 aromatic rings. The Hall–Kier alpha value is -2.88. The number of hydrogen-bond donors (Lipinski definition) is 3. The summed E-state index contributed by atoms with van der Waals surface area (Å²) in [6.45, 7) is 4.06. The average molecular weight is 424 g/mol. The normalized spacial score (nSPS) is 13.0. The van der Waals surface area contributed by atoms with E-state index in [1.54, 1.807) is 7.05 Å². The molecule has 1 unspecified atom stereocenters. The molecular weight excluding hydrogens is 397 g/mol. The first-order valence-corrected chi connectivity index (χ1v) is 9.65. The number of aliphatic imine (C=N–C) groups is 1. The Morgan fingerprint density at radius 3 is 2.53 bits per heavy atom. The minimum Gasteiger partial charge on any atom is -0.374 e. The van der Waals surface area contributed by atoms with Crippen LogP contribution in [0.1, 0.15) is 30.7 Å². The molecular formula is C20H27F3N6O. The highest BCUT2D eigenvalue weighted by Gasteiger charge is 2.32. The Morgan fingerprint density at radius 1 is 1.10 bits per heavy atom. The summed E-state index contributed by atoms with van der Waals surface area (Å²) in [7, 11) is 1.65. The molecule has 164 valence electrons. The SMILES string of the molecule is CN=C(NCCCOC(C)c1ccccc1)NCCNc1nccc(C(F)(F)F)n1. The van der Waals surface area contributed by atoms with Crippen molar-refractivity contribution in [3.8, 4) is 0 Å². The van der Waals surface area contributed by atoms with Crippen LogP contribution in [0.2, 0.25) is 0 Å². The molecule has 0 bridgehead atoms. The molecule has 3 N–H and O–H groups in total. The predicted molar refractivity (Wildman–Crippen MR) is 110 cm³/mol. The first kappa shape index (κ1) is 23.4. The highest BCUT2D eigenvalue weighted by Crippen LogP contribution is 2.27. The molecule has 0 aliphatic carbocycles. The van der Waals surface area contributed by atoms with Crippen LogP contribution >= 0.6 is 0 Å². The van der Waals surface area contributed by atoms with Crippen molar-refractivity contribution in [2.75, 3.05) is 38.6 Å². The molecule has 1 aromatic carbocycles. The van der Waals surface area contributed by atoms with Crippen LogP contribution in [0, 0.1) is 0 Å². The van der Waals surface area contributed by atoms with E-state index in [0.717, 1.165) is 24.2 Å². The molecule has 7 nitrogen and oxygen atoms in total. The number of nitrogens with zero attached hydrogens (tertiary/aromatic N) is 3. The number of hydrogen-bond acceptors (Lipinski definition) is 5. The smallest absolute Gasteiger partial charge is 0.374 e. The van der Waals surface area contributed by atoms with Gasteiger partial charge in [0.2, 0.25) is 5.95 Å². The summed E-state index contributed by atoms with van der Waals surface area (Å²) in [6, 6.07) is 10.8. The van der Waals surface area contributed by atoms with Gasteiger partial charge in [-0.15, -0.1) is 0 Å². The third-order valence-electron chi connectivity index (χ3n) is 4.12. The largest absolute Gasteiger partial charge is 0.433 e. The van der Waals surface area contributed by atoms with Crippen LogP contribution in [-0.4, -0.2) is 49.2 Å². The Morgan fingerprint density at radius 2 is 1.83 bits per heavy atom. The van der Waals surface area contributed by atoms with Crippen molar-refractivity contribution in [2.24, 2.45) is 4.99 Å². The molecule has 0 fully saturated rings. The van der Waals surface area contributed by atoms with Crippen LogP contribution < -0.4 is 16.0 Å². The van der Waals surface area contributed by atoms with Crippen LogP contribution in [0.5, 0.6) is 0 Å². The third kappa shape index (κ3) is 8.24. The van der Waals surface area contributed by atoms with Gasteiger partial charge in [-0.3, -0.25) is 4.99 Å². The lowest BCUT2D eigenvalue weighted by Crippen LogP contribution is -2.40. The van der Waals surface area contributed by atoms with Gasteiger partial charge in [0, 0.05) is 39.5 Å². The number of anilines is 1. The minimum absolute atomic E-state index is 0.0350. The van der Waals surface area contributed by atoms with E-state index in [1.165, 1.54) is 0 Å². The van der Waals surface area contributed by atoms with Crippen molar-refractivity contribution in [3.05, 3.63) is 53.9 Å². The monoisotopic (exact) mass is 424 g/mol. The van der Waals surface area contributed by atoms with E-state index in [1.807, 2.05) is 37.3 Å². The van der Waals surface area contributed by atoms with Gasteiger partial charge in [0.1, 0.15) is 5.69 Å². The molecule has 30 heavy (non-hydrogen) atoms. The van der Waals surface area contributed by atoms with Gasteiger partial charge >= 0.3 is 6.18 Å². The van der Waals surface area contributed by atoms with Gasteiger partial charge in [-0.25, -0.2) is 9.97 Å². The fourth-order valence-corrected chi connectivity index (χ4v) is 2.54. The Kier molecular flexibility index (Phi) is 9.33. The molecule has 0 spiro atoms. The van der Waals surface area contributed by atoms with Gasteiger partial charge in [0.05, 0.1) is 6.10 Å². The van der Waals surface area contributed by atoms with Gasteiger partial charge in [0.25, 0.3) is 0 Å². The summed E-state index contributed by atoms with van der Waals surface area (Å²) in [5.74, 6) is 0.525. The van der Waals surface area contributed by atoms with E-state index in [2.05, 4.69) is 30.9 Å². The van der Waals surface area contributed by atoms with Gasteiger partial charge in [-0.1, -0.05) is 30.3 Å². The number of benzene rings is 1. The summed E-state index contributed by atoms with van der Waals surface area (Å²) in [5, 5.41) is 8.98. The predicted octanol–water partition coefficient (Wildman–Crippen LogP) is 3.24. The van der Waals surface area contributed by atoms with Crippen LogP contribution in [0.4, 0.5) is 19.1 Å². The maximum absolute atomic E-state index is 12.6. The first-order chi connectivity index (χ1) is 14.4. The first-order valence-electron chi connectivity index (χ1n) is 9.65. The lowest BCUT2D eigenvalue weighted by atomic mass is 10.1. The quantitative estimate of drug-likeness (QED) is 0.309. The standard InChI is InChI=1S/C20H27F3N6O/c1-15(16-7-4-3-5-8-16)30-14-6-10-25-18(24-2)27-12-13-28-19-26-11-9-17(29-19)20(21,22)23/h3-5,7-9,11,15H,6,10,12-14H2,1-2H3,(H2,24,25,27)(H,26,28,29). The zero-order valence-electron chi connectivity index (χ0n) is 17.0. The zero-order chi connectivity index (χ0) is 21.8. The maximum atomic E-state index is 12.6. The molecule has 0 aliphatic rings. The molecule has 10 heteroatoms. The minimum atomic E-state index is -4.49. The van der Waals surface area contributed by atoms with Crippen LogP contribution in [0.3, 0.4) is 0 Å². The van der Waals surface area contributed by atoms with Gasteiger partial charge in [-0.2, -0.15) is 13.2 Å². The Bertz CT molecular complexity index is 786. The number of guanidine groups is 1. The van der Waals surface area contributed by atoms with E-state index >= 15 is 0 Å². The second-order valence-corrected chi connectivity index (χ2v) is 6.39. The fraction of sp³-hybridized carbons (Fsp3) is 0.450. The van der Waals surface area contributed by atoms with Crippen molar-refractivity contribution in [3.63, 3.8) is 0 Å². The topological polar surface area (TPSA) is 83.5 Å². The second-order valence-electron chi connectivity index (χ2n) is 6.39. The molecule has 2 rings (SSSR count). The number of halogens is 3. The lowest BCUT2D eigenvalue weighted by Gasteiger charge is -2.15. The lowest BCUT2D eigenvalue weighted by molar-refractivity contribution is -0.141. The van der Waals surface area contributed by atoms with Crippen LogP contribution in [-0.2, 0) is 10.9 Å². The average Bonchev–Trinajstić information content (AvgIpc) is 2.75. The number of alkyl halides is 3. The second kappa shape index (κ2) is 12.0. The molecule has 0 radical (unpaired) electrons. The summed E-state index contributed by atoms with van der Waals surface area (Å²) < 4.78 is 43.8. The summed E-state index contributed by atoms with van der Waals surface area (Å²) in [4.78, 5) is 11.3. The summed E-state index contributed by atoms with van der Waals surface area (Å²) >= 11 is 0. The number of ether oxygens (including phenoxy) is 1. The van der Waals surface area contributed by atoms with Crippen molar-refractivity contribution >= 4 is 11.9 Å². The summed E-state index contributed by atoms with van der Waals surface area (Å²) in [5.41, 5.74) is 0.162. The van der Waals surface area contributed by atoms with Crippen LogP contribution in [0.25, 0.3) is 0 Å². The van der Waals surface area contributed by atoms with E-state index in [-0.39, 0.29) is 12.1 Å². The molecule has 0 aliphatic heterocycles. The van der Waals surface area contributed by atoms with E-state index in [0.29, 0.717) is 32.2 Å². The van der Waals surface area contributed by atoms with E-state index < -0.39 is 11.9 Å². The Labute approximate surface area is 174 Å². The summed E-state index contributed by atoms with van der Waals surface area (Å²) in [6.07, 6.45) is -2.58. The van der Waals surface area contributed by atoms with E-state index in [9.17, 15) is 13.2 Å². The van der Waals surface area contributed by atoms with Crippen molar-refractivity contribution < 1.29 is 17.9 Å². The number of nitrogens with one attached hydrogen (secondary N) is 3. The van der Waals surface area contributed by atoms with Crippen molar-refractivity contribution in [2.45, 2.75) is 25.6 Å². The third-order valence-corrected chi connectivity index (χ3v) is 4.12.